The molecule has 2 aromatic rings. The van der Waals surface area contributed by atoms with Crippen molar-refractivity contribution < 1.29 is 9.47 Å². The zero-order valence-corrected chi connectivity index (χ0v) is 11.9. The molecule has 0 aliphatic carbocycles. The van der Waals surface area contributed by atoms with E-state index in [-0.39, 0.29) is 0 Å². The van der Waals surface area contributed by atoms with Crippen molar-refractivity contribution in [2.75, 3.05) is 7.11 Å². The topological polar surface area (TPSA) is 18.5 Å². The van der Waals surface area contributed by atoms with E-state index in [9.17, 15) is 0 Å². The molecule has 0 amide bonds. The minimum atomic E-state index is 0.486. The number of aryl methyl sites for hydroxylation is 1. The summed E-state index contributed by atoms with van der Waals surface area (Å²) in [5.74, 6) is 2.14. The van der Waals surface area contributed by atoms with Gasteiger partial charge in [-0.2, -0.15) is 0 Å². The Morgan fingerprint density at radius 2 is 1.89 bits per heavy atom. The Hall–Kier alpha value is -1.51. The lowest BCUT2D eigenvalue weighted by Crippen LogP contribution is -1.92. The first kappa shape index (κ1) is 13.9. The van der Waals surface area contributed by atoms with E-state index in [1.54, 1.807) is 7.11 Å². The highest BCUT2D eigenvalue weighted by Crippen LogP contribution is 2.27. The van der Waals surface area contributed by atoms with Crippen molar-refractivity contribution in [3.8, 4) is 11.5 Å². The molecule has 0 aromatic heterocycles. The minimum absolute atomic E-state index is 0.486. The second kappa shape index (κ2) is 6.60. The Labute approximate surface area is 118 Å². The monoisotopic (exact) mass is 276 g/mol. The van der Waals surface area contributed by atoms with E-state index < -0.39 is 0 Å². The number of hydrogen-bond acceptors (Lipinski definition) is 2. The maximum absolute atomic E-state index is 5.92. The van der Waals surface area contributed by atoms with E-state index in [1.807, 2.05) is 49.4 Å². The Morgan fingerprint density at radius 1 is 1.05 bits per heavy atom. The van der Waals surface area contributed by atoms with E-state index in [0.717, 1.165) is 28.2 Å². The predicted octanol–water partition coefficient (Wildman–Crippen LogP) is 4.67. The van der Waals surface area contributed by atoms with Gasteiger partial charge in [0, 0.05) is 13.0 Å². The summed E-state index contributed by atoms with van der Waals surface area (Å²) < 4.78 is 11.0. The molecular formula is C16H17ClO2. The van der Waals surface area contributed by atoms with Crippen LogP contribution in [0.4, 0.5) is 0 Å². The molecule has 0 heterocycles. The molecule has 0 saturated carbocycles. The van der Waals surface area contributed by atoms with Crippen LogP contribution >= 0.6 is 11.6 Å². The molecule has 0 atom stereocenters. The Balaban J connectivity index is 2.22. The highest BCUT2D eigenvalue weighted by molar-refractivity contribution is 6.17. The van der Waals surface area contributed by atoms with Crippen molar-refractivity contribution in [1.29, 1.82) is 0 Å². The van der Waals surface area contributed by atoms with Gasteiger partial charge in [-0.05, 0) is 41.8 Å². The summed E-state index contributed by atoms with van der Waals surface area (Å²) in [6.07, 6.45) is 0. The number of methoxy groups -OCH3 is 1. The number of halogens is 1. The Bertz CT molecular complexity index is 552. The lowest BCUT2D eigenvalue weighted by molar-refractivity contribution is 0.184. The second-order valence-electron chi connectivity index (χ2n) is 4.42. The summed E-state index contributed by atoms with van der Waals surface area (Å²) in [5, 5.41) is 0. The summed E-state index contributed by atoms with van der Waals surface area (Å²) in [4.78, 5) is 0. The fourth-order valence-corrected chi connectivity index (χ4v) is 2.00. The molecule has 2 aromatic carbocycles. The van der Waals surface area contributed by atoms with Gasteiger partial charge in [0.25, 0.3) is 0 Å². The largest absolute Gasteiger partial charge is 0.457 e. The molecule has 0 fully saturated rings. The van der Waals surface area contributed by atoms with Gasteiger partial charge in [-0.1, -0.05) is 24.3 Å². The van der Waals surface area contributed by atoms with E-state index in [0.29, 0.717) is 12.5 Å². The first-order chi connectivity index (χ1) is 9.22. The van der Waals surface area contributed by atoms with Crippen molar-refractivity contribution in [3.63, 3.8) is 0 Å². The second-order valence-corrected chi connectivity index (χ2v) is 4.68. The number of ether oxygens (including phenoxy) is 2. The minimum Gasteiger partial charge on any atom is -0.457 e. The standard InChI is InChI=1S/C16H17ClO2/c1-12-6-7-13(10-17)9-16(12)19-15-5-3-4-14(8-15)11-18-2/h3-9H,10-11H2,1-2H3. The van der Waals surface area contributed by atoms with Crippen molar-refractivity contribution in [3.05, 3.63) is 59.2 Å². The molecule has 0 spiro atoms. The van der Waals surface area contributed by atoms with Gasteiger partial charge in [-0.3, -0.25) is 0 Å². The van der Waals surface area contributed by atoms with Gasteiger partial charge < -0.3 is 9.47 Å². The van der Waals surface area contributed by atoms with Crippen LogP contribution in [0, 0.1) is 6.92 Å². The number of hydrogen-bond donors (Lipinski definition) is 0. The third-order valence-corrected chi connectivity index (χ3v) is 3.15. The van der Waals surface area contributed by atoms with Crippen molar-refractivity contribution >= 4 is 11.6 Å². The van der Waals surface area contributed by atoms with E-state index in [4.69, 9.17) is 21.1 Å². The van der Waals surface area contributed by atoms with Gasteiger partial charge in [0.05, 0.1) is 6.61 Å². The van der Waals surface area contributed by atoms with Gasteiger partial charge in [-0.15, -0.1) is 11.6 Å². The molecule has 0 saturated heterocycles. The maximum Gasteiger partial charge on any atom is 0.130 e. The van der Waals surface area contributed by atoms with Crippen LogP contribution in [0.3, 0.4) is 0 Å². The highest BCUT2D eigenvalue weighted by Gasteiger charge is 2.04. The van der Waals surface area contributed by atoms with Crippen LogP contribution in [0.25, 0.3) is 0 Å². The molecule has 0 radical (unpaired) electrons. The van der Waals surface area contributed by atoms with E-state index in [1.165, 1.54) is 0 Å². The van der Waals surface area contributed by atoms with Gasteiger partial charge in [-0.25, -0.2) is 0 Å². The van der Waals surface area contributed by atoms with Crippen molar-refractivity contribution in [2.24, 2.45) is 0 Å². The van der Waals surface area contributed by atoms with Crippen molar-refractivity contribution in [1.82, 2.24) is 0 Å². The van der Waals surface area contributed by atoms with Crippen LogP contribution in [0.15, 0.2) is 42.5 Å². The van der Waals surface area contributed by atoms with E-state index in [2.05, 4.69) is 0 Å². The molecular weight excluding hydrogens is 260 g/mol. The van der Waals surface area contributed by atoms with Crippen LogP contribution in [-0.4, -0.2) is 7.11 Å². The molecule has 3 heteroatoms. The first-order valence-corrected chi connectivity index (χ1v) is 6.67. The number of benzene rings is 2. The lowest BCUT2D eigenvalue weighted by Gasteiger charge is -2.11. The third-order valence-electron chi connectivity index (χ3n) is 2.84. The molecule has 0 unspecified atom stereocenters. The van der Waals surface area contributed by atoms with Crippen LogP contribution in [0.1, 0.15) is 16.7 Å². The van der Waals surface area contributed by atoms with Gasteiger partial charge in [0.1, 0.15) is 11.5 Å². The van der Waals surface area contributed by atoms with Crippen molar-refractivity contribution in [2.45, 2.75) is 19.4 Å². The van der Waals surface area contributed by atoms with Crippen LogP contribution in [0.5, 0.6) is 11.5 Å². The van der Waals surface area contributed by atoms with E-state index >= 15 is 0 Å². The van der Waals surface area contributed by atoms with Crippen LogP contribution < -0.4 is 4.74 Å². The van der Waals surface area contributed by atoms with Crippen LogP contribution in [-0.2, 0) is 17.2 Å². The molecule has 0 bridgehead atoms. The SMILES string of the molecule is COCc1cccc(Oc2cc(CCl)ccc2C)c1. The average Bonchev–Trinajstić information content (AvgIpc) is 2.42. The summed E-state index contributed by atoms with van der Waals surface area (Å²) in [6, 6.07) is 13.9. The van der Waals surface area contributed by atoms with Crippen LogP contribution in [0.2, 0.25) is 0 Å². The molecule has 0 aliphatic heterocycles. The van der Waals surface area contributed by atoms with Gasteiger partial charge in [0.15, 0.2) is 0 Å². The first-order valence-electron chi connectivity index (χ1n) is 6.14. The summed E-state index contributed by atoms with van der Waals surface area (Å²) in [6.45, 7) is 2.60. The summed E-state index contributed by atoms with van der Waals surface area (Å²) in [5.41, 5.74) is 3.23. The number of alkyl halides is 1. The third kappa shape index (κ3) is 3.72. The zero-order chi connectivity index (χ0) is 13.7. The van der Waals surface area contributed by atoms with Gasteiger partial charge >= 0.3 is 0 Å². The smallest absolute Gasteiger partial charge is 0.130 e. The molecule has 2 nitrogen and oxygen atoms in total. The number of rotatable bonds is 5. The fourth-order valence-electron chi connectivity index (χ4n) is 1.83. The summed E-state index contributed by atoms with van der Waals surface area (Å²) >= 11 is 5.85. The quantitative estimate of drug-likeness (QED) is 0.739. The average molecular weight is 277 g/mol. The fraction of sp³-hybridized carbons (Fsp3) is 0.250. The zero-order valence-electron chi connectivity index (χ0n) is 11.2. The summed E-state index contributed by atoms with van der Waals surface area (Å²) in [7, 11) is 1.68. The molecule has 0 aliphatic rings. The normalized spacial score (nSPS) is 10.5. The molecule has 19 heavy (non-hydrogen) atoms. The van der Waals surface area contributed by atoms with Gasteiger partial charge in [0.2, 0.25) is 0 Å². The lowest BCUT2D eigenvalue weighted by atomic mass is 10.1. The molecule has 2 rings (SSSR count). The maximum atomic E-state index is 5.92. The Kier molecular flexibility index (Phi) is 4.83. The Morgan fingerprint density at radius 3 is 2.63 bits per heavy atom. The predicted molar refractivity (Wildman–Crippen MR) is 78.0 cm³/mol. The molecule has 100 valence electrons. The highest BCUT2D eigenvalue weighted by atomic mass is 35.5. The molecule has 0 N–H and O–H groups in total.